The number of sulfonamides is 1. The van der Waals surface area contributed by atoms with Gasteiger partial charge >= 0.3 is 5.76 Å². The van der Waals surface area contributed by atoms with E-state index in [4.69, 9.17) is 4.42 Å². The van der Waals surface area contributed by atoms with Crippen LogP contribution < -0.4 is 10.5 Å². The van der Waals surface area contributed by atoms with Crippen LogP contribution in [0.4, 0.5) is 0 Å². The highest BCUT2D eigenvalue weighted by Gasteiger charge is 2.25. The van der Waals surface area contributed by atoms with Crippen molar-refractivity contribution in [2.24, 2.45) is 0 Å². The summed E-state index contributed by atoms with van der Waals surface area (Å²) in [4.78, 5) is 16.2. The number of hydrogen-bond acceptors (Lipinski definition) is 5. The molecule has 1 atom stereocenters. The minimum absolute atomic E-state index is 0.0197. The fourth-order valence-corrected chi connectivity index (χ4v) is 4.80. The zero-order chi connectivity index (χ0) is 19.6. The van der Waals surface area contributed by atoms with Gasteiger partial charge in [-0.05, 0) is 49.7 Å². The minimum Gasteiger partial charge on any atom is -0.408 e. The molecule has 4 rings (SSSR count). The van der Waals surface area contributed by atoms with Crippen LogP contribution in [0, 0.1) is 0 Å². The first-order chi connectivity index (χ1) is 13.5. The van der Waals surface area contributed by atoms with Crippen LogP contribution in [-0.2, 0) is 10.0 Å². The quantitative estimate of drug-likeness (QED) is 0.662. The topological polar surface area (TPSA) is 95.4 Å². The number of oxazole rings is 1. The molecule has 0 radical (unpaired) electrons. The van der Waals surface area contributed by atoms with Crippen molar-refractivity contribution >= 4 is 21.1 Å². The van der Waals surface area contributed by atoms with Gasteiger partial charge in [0.25, 0.3) is 0 Å². The highest BCUT2D eigenvalue weighted by atomic mass is 32.2. The van der Waals surface area contributed by atoms with Crippen molar-refractivity contribution in [2.75, 3.05) is 19.6 Å². The fourth-order valence-electron chi connectivity index (χ4n) is 3.73. The number of aromatic amines is 1. The lowest BCUT2D eigenvalue weighted by Crippen LogP contribution is -2.40. The molecule has 0 saturated carbocycles. The molecule has 8 heteroatoms. The molecule has 28 heavy (non-hydrogen) atoms. The lowest BCUT2D eigenvalue weighted by Gasteiger charge is -2.35. The fraction of sp³-hybridized carbons (Fsp3) is 0.350. The second-order valence-electron chi connectivity index (χ2n) is 7.05. The van der Waals surface area contributed by atoms with E-state index in [0.717, 1.165) is 31.5 Å². The average molecular weight is 401 g/mol. The molecule has 0 spiro atoms. The standard InChI is InChI=1S/C20H23N3O4S/c24-20-22-17-13-16(9-10-19(17)27-20)28(25,26)21-14-18(15-7-3-1-4-8-15)23-11-5-2-6-12-23/h1,3-4,7-10,13,18,21H,2,5-6,11-12,14H2,(H,22,24)/t18-/m0/s1. The molecule has 7 nitrogen and oxygen atoms in total. The Morgan fingerprint density at radius 1 is 1.07 bits per heavy atom. The van der Waals surface area contributed by atoms with Crippen molar-refractivity contribution < 1.29 is 12.8 Å². The van der Waals surface area contributed by atoms with E-state index in [9.17, 15) is 13.2 Å². The largest absolute Gasteiger partial charge is 0.417 e. The molecule has 1 aliphatic heterocycles. The van der Waals surface area contributed by atoms with E-state index >= 15 is 0 Å². The van der Waals surface area contributed by atoms with Crippen LogP contribution in [-0.4, -0.2) is 37.9 Å². The summed E-state index contributed by atoms with van der Waals surface area (Å²) in [6, 6.07) is 14.3. The van der Waals surface area contributed by atoms with Gasteiger partial charge < -0.3 is 4.42 Å². The van der Waals surface area contributed by atoms with Crippen LogP contribution in [0.1, 0.15) is 30.9 Å². The number of H-pyrrole nitrogens is 1. The molecule has 1 fully saturated rings. The van der Waals surface area contributed by atoms with Crippen molar-refractivity contribution in [1.29, 1.82) is 0 Å². The molecule has 2 heterocycles. The number of hydrogen-bond donors (Lipinski definition) is 2. The number of nitrogens with one attached hydrogen (secondary N) is 2. The molecule has 2 aromatic carbocycles. The highest BCUT2D eigenvalue weighted by molar-refractivity contribution is 7.89. The molecule has 1 aromatic heterocycles. The Balaban J connectivity index is 1.56. The minimum atomic E-state index is -3.72. The third kappa shape index (κ3) is 4.04. The normalized spacial score (nSPS) is 17.0. The van der Waals surface area contributed by atoms with E-state index in [0.29, 0.717) is 11.1 Å². The molecule has 1 aliphatic rings. The third-order valence-corrected chi connectivity index (χ3v) is 6.60. The van der Waals surface area contributed by atoms with Gasteiger partial charge in [-0.15, -0.1) is 0 Å². The van der Waals surface area contributed by atoms with Gasteiger partial charge in [0.05, 0.1) is 10.4 Å². The van der Waals surface area contributed by atoms with Crippen molar-refractivity contribution in [3.8, 4) is 0 Å². The van der Waals surface area contributed by atoms with Gasteiger partial charge in [-0.3, -0.25) is 9.88 Å². The van der Waals surface area contributed by atoms with Crippen LogP contribution in [0.15, 0.2) is 62.6 Å². The SMILES string of the molecule is O=c1[nH]c2cc(S(=O)(=O)NC[C@@H](c3ccccc3)N3CCCCC3)ccc2o1. The third-order valence-electron chi connectivity index (χ3n) is 5.18. The van der Waals surface area contributed by atoms with E-state index in [1.807, 2.05) is 30.3 Å². The maximum absolute atomic E-state index is 12.8. The average Bonchev–Trinajstić information content (AvgIpc) is 3.09. The van der Waals surface area contributed by atoms with Gasteiger partial charge in [0.15, 0.2) is 5.58 Å². The molecule has 1 saturated heterocycles. The van der Waals surface area contributed by atoms with Gasteiger partial charge in [0.1, 0.15) is 0 Å². The van der Waals surface area contributed by atoms with Crippen molar-refractivity contribution in [3.05, 3.63) is 64.6 Å². The van der Waals surface area contributed by atoms with Gasteiger partial charge in [0.2, 0.25) is 10.0 Å². The van der Waals surface area contributed by atoms with Crippen LogP contribution >= 0.6 is 0 Å². The van der Waals surface area contributed by atoms with Crippen LogP contribution in [0.3, 0.4) is 0 Å². The Labute approximate surface area is 163 Å². The number of likely N-dealkylation sites (tertiary alicyclic amines) is 1. The summed E-state index contributed by atoms with van der Waals surface area (Å²) in [5, 5.41) is 0. The van der Waals surface area contributed by atoms with E-state index in [-0.39, 0.29) is 17.5 Å². The first-order valence-electron chi connectivity index (χ1n) is 9.44. The zero-order valence-electron chi connectivity index (χ0n) is 15.4. The van der Waals surface area contributed by atoms with Gasteiger partial charge in [0, 0.05) is 12.6 Å². The summed E-state index contributed by atoms with van der Waals surface area (Å²) in [6.45, 7) is 2.21. The van der Waals surface area contributed by atoms with E-state index in [2.05, 4.69) is 14.6 Å². The molecule has 0 bridgehead atoms. The number of aromatic nitrogens is 1. The summed E-state index contributed by atoms with van der Waals surface area (Å²) in [5.74, 6) is -0.605. The second kappa shape index (κ2) is 7.90. The van der Waals surface area contributed by atoms with Crippen LogP contribution in [0.5, 0.6) is 0 Å². The lowest BCUT2D eigenvalue weighted by molar-refractivity contribution is 0.164. The lowest BCUT2D eigenvalue weighted by atomic mass is 10.0. The molecule has 2 N–H and O–H groups in total. The Kier molecular flexibility index (Phi) is 5.34. The number of benzene rings is 2. The summed E-state index contributed by atoms with van der Waals surface area (Å²) >= 11 is 0. The van der Waals surface area contributed by atoms with Crippen molar-refractivity contribution in [3.63, 3.8) is 0 Å². The summed E-state index contributed by atoms with van der Waals surface area (Å²) in [6.07, 6.45) is 3.47. The van der Waals surface area contributed by atoms with Crippen molar-refractivity contribution in [1.82, 2.24) is 14.6 Å². The predicted octanol–water partition coefficient (Wildman–Crippen LogP) is 2.63. The molecular weight excluding hydrogens is 378 g/mol. The number of fused-ring (bicyclic) bond motifs is 1. The van der Waals surface area contributed by atoms with E-state index < -0.39 is 15.8 Å². The Morgan fingerprint density at radius 3 is 2.57 bits per heavy atom. The smallest absolute Gasteiger partial charge is 0.408 e. The zero-order valence-corrected chi connectivity index (χ0v) is 16.2. The first-order valence-corrected chi connectivity index (χ1v) is 10.9. The Hall–Kier alpha value is -2.42. The van der Waals surface area contributed by atoms with Gasteiger partial charge in [-0.2, -0.15) is 0 Å². The highest BCUT2D eigenvalue weighted by Crippen LogP contribution is 2.25. The molecule has 0 unspecified atom stereocenters. The Morgan fingerprint density at radius 2 is 1.82 bits per heavy atom. The molecule has 148 valence electrons. The molecule has 0 amide bonds. The predicted molar refractivity (Wildman–Crippen MR) is 107 cm³/mol. The second-order valence-corrected chi connectivity index (χ2v) is 8.81. The van der Waals surface area contributed by atoms with E-state index in [1.165, 1.54) is 24.6 Å². The number of nitrogens with zero attached hydrogens (tertiary/aromatic N) is 1. The van der Waals surface area contributed by atoms with Gasteiger partial charge in [-0.25, -0.2) is 17.9 Å². The molecular formula is C20H23N3O4S. The maximum Gasteiger partial charge on any atom is 0.417 e. The summed E-state index contributed by atoms with van der Waals surface area (Å²) in [5.41, 5.74) is 1.80. The molecule has 3 aromatic rings. The van der Waals surface area contributed by atoms with Crippen LogP contribution in [0.25, 0.3) is 11.1 Å². The maximum atomic E-state index is 12.8. The van der Waals surface area contributed by atoms with Crippen LogP contribution in [0.2, 0.25) is 0 Å². The monoisotopic (exact) mass is 401 g/mol. The number of piperidine rings is 1. The van der Waals surface area contributed by atoms with E-state index in [1.54, 1.807) is 0 Å². The van der Waals surface area contributed by atoms with Crippen molar-refractivity contribution in [2.45, 2.75) is 30.2 Å². The van der Waals surface area contributed by atoms with Gasteiger partial charge in [-0.1, -0.05) is 36.8 Å². The Bertz CT molecular complexity index is 1100. The number of rotatable bonds is 6. The summed E-state index contributed by atoms with van der Waals surface area (Å²) in [7, 11) is -3.72. The first kappa shape index (κ1) is 18.9. The summed E-state index contributed by atoms with van der Waals surface area (Å²) < 4.78 is 33.4. The molecule has 0 aliphatic carbocycles.